The smallest absolute Gasteiger partial charge is 0.208 e. The van der Waals surface area contributed by atoms with Crippen LogP contribution in [0.5, 0.6) is 0 Å². The molecule has 0 N–H and O–H groups in total. The second kappa shape index (κ2) is 5.61. The standard InChI is InChI=1S/C15H22N6S/c1-10(2)21-9-16-17-13(21)12-4-3-7-20(8-12)15-19-18-14(22-15)11-5-6-11/h9-12H,3-8H2,1-2H3. The van der Waals surface area contributed by atoms with Crippen molar-refractivity contribution >= 4 is 16.5 Å². The van der Waals surface area contributed by atoms with E-state index in [1.807, 2.05) is 6.33 Å². The van der Waals surface area contributed by atoms with Crippen molar-refractivity contribution in [3.05, 3.63) is 17.2 Å². The van der Waals surface area contributed by atoms with E-state index in [0.29, 0.717) is 17.9 Å². The van der Waals surface area contributed by atoms with Gasteiger partial charge in [0.15, 0.2) is 0 Å². The fourth-order valence-electron chi connectivity index (χ4n) is 3.15. The topological polar surface area (TPSA) is 59.7 Å². The maximum Gasteiger partial charge on any atom is 0.208 e. The van der Waals surface area contributed by atoms with E-state index < -0.39 is 0 Å². The number of anilines is 1. The van der Waals surface area contributed by atoms with E-state index in [4.69, 9.17) is 0 Å². The Morgan fingerprint density at radius 3 is 2.77 bits per heavy atom. The third kappa shape index (κ3) is 2.62. The molecule has 2 aromatic heterocycles. The lowest BCUT2D eigenvalue weighted by Gasteiger charge is -2.32. The second-order valence-corrected chi connectivity index (χ2v) is 7.66. The molecular formula is C15H22N6S. The summed E-state index contributed by atoms with van der Waals surface area (Å²) in [4.78, 5) is 2.39. The summed E-state index contributed by atoms with van der Waals surface area (Å²) in [6, 6.07) is 0.406. The van der Waals surface area contributed by atoms with Crippen LogP contribution in [0.25, 0.3) is 0 Å². The predicted molar refractivity (Wildman–Crippen MR) is 86.5 cm³/mol. The van der Waals surface area contributed by atoms with Crippen LogP contribution in [-0.4, -0.2) is 38.1 Å². The second-order valence-electron chi connectivity index (χ2n) is 6.67. The van der Waals surface area contributed by atoms with Crippen molar-refractivity contribution in [2.45, 2.75) is 57.4 Å². The molecule has 22 heavy (non-hydrogen) atoms. The number of hydrogen-bond acceptors (Lipinski definition) is 6. The number of aromatic nitrogens is 5. The number of hydrogen-bond donors (Lipinski definition) is 0. The molecule has 2 aromatic rings. The summed E-state index contributed by atoms with van der Waals surface area (Å²) in [7, 11) is 0. The zero-order chi connectivity index (χ0) is 15.1. The molecule has 0 amide bonds. The lowest BCUT2D eigenvalue weighted by molar-refractivity contribution is 0.454. The van der Waals surface area contributed by atoms with Crippen LogP contribution in [0.3, 0.4) is 0 Å². The molecule has 0 radical (unpaired) electrons. The Hall–Kier alpha value is -1.50. The zero-order valence-electron chi connectivity index (χ0n) is 13.1. The van der Waals surface area contributed by atoms with Crippen molar-refractivity contribution < 1.29 is 0 Å². The van der Waals surface area contributed by atoms with Gasteiger partial charge in [-0.3, -0.25) is 0 Å². The van der Waals surface area contributed by atoms with Gasteiger partial charge in [0.25, 0.3) is 0 Å². The van der Waals surface area contributed by atoms with E-state index in [1.165, 1.54) is 30.7 Å². The van der Waals surface area contributed by atoms with Crippen molar-refractivity contribution in [3.63, 3.8) is 0 Å². The monoisotopic (exact) mass is 318 g/mol. The molecule has 3 heterocycles. The van der Waals surface area contributed by atoms with Gasteiger partial charge in [-0.05, 0) is 39.5 Å². The molecule has 118 valence electrons. The van der Waals surface area contributed by atoms with Crippen molar-refractivity contribution in [2.24, 2.45) is 0 Å². The minimum atomic E-state index is 0.406. The number of nitrogens with zero attached hydrogens (tertiary/aromatic N) is 6. The van der Waals surface area contributed by atoms with Crippen LogP contribution in [0, 0.1) is 0 Å². The van der Waals surface area contributed by atoms with Crippen molar-refractivity contribution in [1.82, 2.24) is 25.0 Å². The third-order valence-corrected chi connectivity index (χ3v) is 5.72. The highest BCUT2D eigenvalue weighted by atomic mass is 32.1. The van der Waals surface area contributed by atoms with Gasteiger partial charge in [-0.2, -0.15) is 0 Å². The largest absolute Gasteiger partial charge is 0.346 e. The molecule has 2 fully saturated rings. The van der Waals surface area contributed by atoms with Crippen molar-refractivity contribution in [3.8, 4) is 0 Å². The molecule has 2 aliphatic rings. The summed E-state index contributed by atoms with van der Waals surface area (Å²) >= 11 is 1.78. The SMILES string of the molecule is CC(C)n1cnnc1C1CCCN(c2nnc(C3CC3)s2)C1. The summed E-state index contributed by atoms with van der Waals surface area (Å²) in [5, 5.41) is 19.6. The fraction of sp³-hybridized carbons (Fsp3) is 0.733. The molecule has 1 atom stereocenters. The normalized spacial score (nSPS) is 22.5. The number of piperidine rings is 1. The van der Waals surface area contributed by atoms with Gasteiger partial charge in [-0.25, -0.2) is 0 Å². The van der Waals surface area contributed by atoms with Gasteiger partial charge in [0.05, 0.1) is 0 Å². The summed E-state index contributed by atoms with van der Waals surface area (Å²) in [6.45, 7) is 6.41. The van der Waals surface area contributed by atoms with Crippen LogP contribution in [-0.2, 0) is 0 Å². The molecule has 1 saturated heterocycles. The van der Waals surface area contributed by atoms with Crippen LogP contribution in [0.2, 0.25) is 0 Å². The highest BCUT2D eigenvalue weighted by molar-refractivity contribution is 7.15. The van der Waals surface area contributed by atoms with Gasteiger partial charge in [0.1, 0.15) is 17.2 Å². The highest BCUT2D eigenvalue weighted by Crippen LogP contribution is 2.43. The average molecular weight is 318 g/mol. The Balaban J connectivity index is 1.52. The van der Waals surface area contributed by atoms with Crippen molar-refractivity contribution in [1.29, 1.82) is 0 Å². The lowest BCUT2D eigenvalue weighted by Crippen LogP contribution is -2.35. The Morgan fingerprint density at radius 1 is 1.14 bits per heavy atom. The van der Waals surface area contributed by atoms with E-state index in [2.05, 4.69) is 43.7 Å². The summed E-state index contributed by atoms with van der Waals surface area (Å²) in [5.74, 6) is 2.24. The molecule has 0 spiro atoms. The molecule has 0 aromatic carbocycles. The Morgan fingerprint density at radius 2 is 2.00 bits per heavy atom. The molecule has 4 rings (SSSR count). The number of rotatable bonds is 4. The summed E-state index contributed by atoms with van der Waals surface area (Å²) in [6.07, 6.45) is 6.78. The predicted octanol–water partition coefficient (Wildman–Crippen LogP) is 2.97. The minimum absolute atomic E-state index is 0.406. The van der Waals surface area contributed by atoms with Crippen molar-refractivity contribution in [2.75, 3.05) is 18.0 Å². The molecule has 1 aliphatic heterocycles. The first-order valence-corrected chi connectivity index (χ1v) is 9.01. The first-order valence-electron chi connectivity index (χ1n) is 8.20. The molecule has 1 saturated carbocycles. The third-order valence-electron chi connectivity index (χ3n) is 4.57. The molecule has 1 unspecified atom stereocenters. The summed E-state index contributed by atoms with van der Waals surface area (Å²) < 4.78 is 2.20. The molecule has 6 nitrogen and oxygen atoms in total. The van der Waals surface area contributed by atoms with Gasteiger partial charge < -0.3 is 9.47 Å². The van der Waals surface area contributed by atoms with Gasteiger partial charge in [0.2, 0.25) is 5.13 Å². The van der Waals surface area contributed by atoms with Crippen LogP contribution in [0.4, 0.5) is 5.13 Å². The fourth-order valence-corrected chi connectivity index (χ4v) is 4.20. The van der Waals surface area contributed by atoms with E-state index in [9.17, 15) is 0 Å². The molecular weight excluding hydrogens is 296 g/mol. The average Bonchev–Trinajstić information content (AvgIpc) is 3.06. The summed E-state index contributed by atoms with van der Waals surface area (Å²) in [5.41, 5.74) is 0. The zero-order valence-corrected chi connectivity index (χ0v) is 14.0. The van der Waals surface area contributed by atoms with Crippen LogP contribution < -0.4 is 4.90 Å². The maximum absolute atomic E-state index is 4.43. The van der Waals surface area contributed by atoms with Crippen LogP contribution in [0.1, 0.15) is 68.2 Å². The molecule has 0 bridgehead atoms. The first-order chi connectivity index (χ1) is 10.7. The van der Waals surface area contributed by atoms with Gasteiger partial charge in [-0.1, -0.05) is 11.3 Å². The minimum Gasteiger partial charge on any atom is -0.346 e. The highest BCUT2D eigenvalue weighted by Gasteiger charge is 2.31. The molecule has 1 aliphatic carbocycles. The Kier molecular flexibility index (Phi) is 3.60. The van der Waals surface area contributed by atoms with E-state index in [1.54, 1.807) is 11.3 Å². The van der Waals surface area contributed by atoms with Gasteiger partial charge in [-0.15, -0.1) is 20.4 Å². The maximum atomic E-state index is 4.43. The quantitative estimate of drug-likeness (QED) is 0.867. The molecule has 7 heteroatoms. The van der Waals surface area contributed by atoms with Gasteiger partial charge >= 0.3 is 0 Å². The van der Waals surface area contributed by atoms with E-state index >= 15 is 0 Å². The van der Waals surface area contributed by atoms with Gasteiger partial charge in [0, 0.05) is 31.0 Å². The van der Waals surface area contributed by atoms with Crippen LogP contribution in [0.15, 0.2) is 6.33 Å². The lowest BCUT2D eigenvalue weighted by atomic mass is 9.97. The first kappa shape index (κ1) is 14.1. The Bertz CT molecular complexity index is 644. The van der Waals surface area contributed by atoms with Crippen LogP contribution >= 0.6 is 11.3 Å². The Labute approximate surface area is 134 Å². The van der Waals surface area contributed by atoms with E-state index in [0.717, 1.165) is 24.0 Å². The van der Waals surface area contributed by atoms with E-state index in [-0.39, 0.29) is 0 Å².